The molecule has 4 nitrogen and oxygen atoms in total. The minimum Gasteiger partial charge on any atom is -0.465 e. The van der Waals surface area contributed by atoms with Gasteiger partial charge in [0, 0.05) is 30.1 Å². The first-order valence-corrected chi connectivity index (χ1v) is 12.3. The largest absolute Gasteiger partial charge is 0.465 e. The Labute approximate surface area is 212 Å². The lowest BCUT2D eigenvalue weighted by Gasteiger charge is -2.29. The molecular weight excluding hydrogens is 446 g/mol. The first kappa shape index (κ1) is 23.7. The third-order valence-corrected chi connectivity index (χ3v) is 7.22. The molecule has 0 unspecified atom stereocenters. The van der Waals surface area contributed by atoms with Gasteiger partial charge in [0.25, 0.3) is 0 Å². The number of allylic oxidation sites excluding steroid dienone is 1. The van der Waals surface area contributed by atoms with Crippen LogP contribution in [0.4, 0.5) is 0 Å². The molecule has 5 rings (SSSR count). The second-order valence-corrected chi connectivity index (χ2v) is 9.47. The summed E-state index contributed by atoms with van der Waals surface area (Å²) in [5.74, 6) is 1.47. The van der Waals surface area contributed by atoms with E-state index in [4.69, 9.17) is 9.47 Å². The van der Waals surface area contributed by atoms with Crippen LogP contribution in [0.15, 0.2) is 90.8 Å². The summed E-state index contributed by atoms with van der Waals surface area (Å²) in [4.78, 5) is 12.5. The van der Waals surface area contributed by atoms with E-state index in [-0.39, 0.29) is 17.9 Å². The normalized spacial score (nSPS) is 16.8. The highest BCUT2D eigenvalue weighted by Gasteiger charge is 2.28. The van der Waals surface area contributed by atoms with Gasteiger partial charge in [-0.3, -0.25) is 0 Å². The summed E-state index contributed by atoms with van der Waals surface area (Å²) in [7, 11) is 1.43. The summed E-state index contributed by atoms with van der Waals surface area (Å²) in [6.45, 7) is 6.17. The van der Waals surface area contributed by atoms with Crippen molar-refractivity contribution in [1.29, 1.82) is 0 Å². The van der Waals surface area contributed by atoms with Crippen LogP contribution in [0.2, 0.25) is 0 Å². The van der Waals surface area contributed by atoms with Gasteiger partial charge < -0.3 is 14.8 Å². The number of ether oxygens (including phenoxy) is 2. The molecule has 4 aromatic rings. The Bertz CT molecular complexity index is 1460. The Morgan fingerprint density at radius 3 is 2.61 bits per heavy atom. The fraction of sp³-hybridized carbons (Fsp3) is 0.219. The zero-order chi connectivity index (χ0) is 25.2. The SMILES string of the molecule is COC(=O)c1cc([C@@H]2C/C(=C\N[C@H](C)c3cccc4ccccc34)Oc3ccccc32)cc(C)c1C. The van der Waals surface area contributed by atoms with Gasteiger partial charge in [-0.25, -0.2) is 4.79 Å². The predicted molar refractivity (Wildman–Crippen MR) is 144 cm³/mol. The molecular formula is C32H31NO3. The number of para-hydroxylation sites is 1. The molecule has 0 saturated heterocycles. The Kier molecular flexibility index (Phi) is 6.51. The van der Waals surface area contributed by atoms with E-state index in [0.29, 0.717) is 12.0 Å². The molecule has 1 N–H and O–H groups in total. The fourth-order valence-corrected chi connectivity index (χ4v) is 5.09. The van der Waals surface area contributed by atoms with Crippen molar-refractivity contribution < 1.29 is 14.3 Å². The highest BCUT2D eigenvalue weighted by molar-refractivity contribution is 5.91. The van der Waals surface area contributed by atoms with Gasteiger partial charge in [-0.05, 0) is 65.9 Å². The van der Waals surface area contributed by atoms with Crippen LogP contribution in [0.3, 0.4) is 0 Å². The van der Waals surface area contributed by atoms with E-state index >= 15 is 0 Å². The van der Waals surface area contributed by atoms with Crippen LogP contribution in [0, 0.1) is 13.8 Å². The number of methoxy groups -OCH3 is 1. The monoisotopic (exact) mass is 477 g/mol. The second kappa shape index (κ2) is 9.90. The fourth-order valence-electron chi connectivity index (χ4n) is 5.09. The van der Waals surface area contributed by atoms with Gasteiger partial charge >= 0.3 is 5.97 Å². The Morgan fingerprint density at radius 1 is 1.03 bits per heavy atom. The number of hydrogen-bond acceptors (Lipinski definition) is 4. The molecule has 0 aromatic heterocycles. The number of carbonyl (C=O) groups is 1. The molecule has 0 aliphatic carbocycles. The van der Waals surface area contributed by atoms with Crippen LogP contribution >= 0.6 is 0 Å². The van der Waals surface area contributed by atoms with E-state index in [2.05, 4.69) is 66.8 Å². The highest BCUT2D eigenvalue weighted by atomic mass is 16.5. The summed E-state index contributed by atoms with van der Waals surface area (Å²) in [5, 5.41) is 6.04. The Hall–Kier alpha value is -4.05. The van der Waals surface area contributed by atoms with Crippen molar-refractivity contribution in [2.24, 2.45) is 0 Å². The Balaban J connectivity index is 1.48. The molecule has 1 aliphatic rings. The molecule has 0 radical (unpaired) electrons. The molecule has 2 atom stereocenters. The van der Waals surface area contributed by atoms with Gasteiger partial charge in [0.05, 0.1) is 12.7 Å². The summed E-state index contributed by atoms with van der Waals surface area (Å²) >= 11 is 0. The maximum Gasteiger partial charge on any atom is 0.338 e. The van der Waals surface area contributed by atoms with Crippen LogP contribution < -0.4 is 10.1 Å². The molecule has 4 aromatic carbocycles. The van der Waals surface area contributed by atoms with Crippen LogP contribution in [-0.4, -0.2) is 13.1 Å². The first-order valence-electron chi connectivity index (χ1n) is 12.3. The third kappa shape index (κ3) is 4.47. The van der Waals surface area contributed by atoms with E-state index in [1.165, 1.54) is 23.4 Å². The van der Waals surface area contributed by atoms with Gasteiger partial charge in [0.2, 0.25) is 0 Å². The molecule has 0 fully saturated rings. The summed E-state index contributed by atoms with van der Waals surface area (Å²) in [6.07, 6.45) is 2.69. The maximum atomic E-state index is 12.5. The Morgan fingerprint density at radius 2 is 1.78 bits per heavy atom. The number of hydrogen-bond donors (Lipinski definition) is 1. The van der Waals surface area contributed by atoms with E-state index in [9.17, 15) is 4.79 Å². The number of rotatable bonds is 5. The molecule has 1 heterocycles. The molecule has 36 heavy (non-hydrogen) atoms. The predicted octanol–water partition coefficient (Wildman–Crippen LogP) is 7.35. The molecule has 1 aliphatic heterocycles. The summed E-state index contributed by atoms with van der Waals surface area (Å²) in [6, 6.07) is 27.3. The average Bonchev–Trinajstić information content (AvgIpc) is 2.91. The zero-order valence-corrected chi connectivity index (χ0v) is 21.2. The number of aryl methyl sites for hydroxylation is 1. The number of carbonyl (C=O) groups excluding carboxylic acids is 1. The van der Waals surface area contributed by atoms with Crippen LogP contribution in [0.1, 0.15) is 63.5 Å². The van der Waals surface area contributed by atoms with Gasteiger partial charge in [0.1, 0.15) is 11.5 Å². The zero-order valence-electron chi connectivity index (χ0n) is 21.2. The van der Waals surface area contributed by atoms with Crippen LogP contribution in [0.5, 0.6) is 5.75 Å². The third-order valence-electron chi connectivity index (χ3n) is 7.22. The van der Waals surface area contributed by atoms with Gasteiger partial charge in [0.15, 0.2) is 0 Å². The number of benzene rings is 4. The number of nitrogens with one attached hydrogen (secondary N) is 1. The number of esters is 1. The molecule has 0 amide bonds. The van der Waals surface area contributed by atoms with Crippen molar-refractivity contribution in [3.8, 4) is 5.75 Å². The van der Waals surface area contributed by atoms with Crippen molar-refractivity contribution in [3.05, 3.63) is 124 Å². The molecule has 4 heteroatoms. The second-order valence-electron chi connectivity index (χ2n) is 9.47. The van der Waals surface area contributed by atoms with Gasteiger partial charge in [-0.2, -0.15) is 0 Å². The lowest BCUT2D eigenvalue weighted by molar-refractivity contribution is 0.0599. The minimum atomic E-state index is -0.306. The van der Waals surface area contributed by atoms with Crippen molar-refractivity contribution in [1.82, 2.24) is 5.32 Å². The maximum absolute atomic E-state index is 12.5. The minimum absolute atomic E-state index is 0.0681. The van der Waals surface area contributed by atoms with Gasteiger partial charge in [-0.15, -0.1) is 0 Å². The smallest absolute Gasteiger partial charge is 0.338 e. The van der Waals surface area contributed by atoms with Crippen LogP contribution in [-0.2, 0) is 4.74 Å². The topological polar surface area (TPSA) is 47.6 Å². The molecule has 0 bridgehead atoms. The lowest BCUT2D eigenvalue weighted by Crippen LogP contribution is -2.19. The van der Waals surface area contributed by atoms with Crippen molar-refractivity contribution in [2.75, 3.05) is 7.11 Å². The summed E-state index contributed by atoms with van der Waals surface area (Å²) in [5.41, 5.74) is 6.09. The van der Waals surface area contributed by atoms with E-state index in [0.717, 1.165) is 33.8 Å². The van der Waals surface area contributed by atoms with E-state index in [1.54, 1.807) is 0 Å². The van der Waals surface area contributed by atoms with E-state index < -0.39 is 0 Å². The van der Waals surface area contributed by atoms with Crippen molar-refractivity contribution >= 4 is 16.7 Å². The van der Waals surface area contributed by atoms with E-state index in [1.807, 2.05) is 44.3 Å². The first-order chi connectivity index (χ1) is 17.5. The standard InChI is InChI=1S/C32H31NO3/c1-20-16-24(17-29(21(20)2)32(34)35-4)30-18-25(36-31-15-8-7-13-28(30)31)19-33-22(3)26-14-9-11-23-10-5-6-12-27(23)26/h5-17,19,22,30,33H,18H2,1-4H3/b25-19+/t22-,30+/m1/s1. The summed E-state index contributed by atoms with van der Waals surface area (Å²) < 4.78 is 11.4. The number of fused-ring (bicyclic) bond motifs is 2. The molecule has 0 spiro atoms. The van der Waals surface area contributed by atoms with Gasteiger partial charge in [-0.1, -0.05) is 66.7 Å². The highest BCUT2D eigenvalue weighted by Crippen LogP contribution is 2.42. The quantitative estimate of drug-likeness (QED) is 0.305. The van der Waals surface area contributed by atoms with Crippen molar-refractivity contribution in [3.63, 3.8) is 0 Å². The molecule has 0 saturated carbocycles. The lowest BCUT2D eigenvalue weighted by atomic mass is 9.83. The average molecular weight is 478 g/mol. The van der Waals surface area contributed by atoms with Crippen molar-refractivity contribution in [2.45, 2.75) is 39.2 Å². The van der Waals surface area contributed by atoms with Crippen LogP contribution in [0.25, 0.3) is 10.8 Å². The molecule has 182 valence electrons.